The number of nitrogens with one attached hydrogen (secondary N) is 1. The van der Waals surface area contributed by atoms with Gasteiger partial charge in [0.25, 0.3) is 0 Å². The summed E-state index contributed by atoms with van der Waals surface area (Å²) in [6, 6.07) is 0.493. The van der Waals surface area contributed by atoms with Crippen molar-refractivity contribution in [3.63, 3.8) is 0 Å². The topological polar surface area (TPSA) is 51.0 Å². The van der Waals surface area contributed by atoms with Gasteiger partial charge in [-0.25, -0.2) is 0 Å². The monoisotopic (exact) mass is 249 g/mol. The van der Waals surface area contributed by atoms with Crippen LogP contribution < -0.4 is 5.32 Å². The molecule has 100 valence electrons. The lowest BCUT2D eigenvalue weighted by molar-refractivity contribution is 0.308. The lowest BCUT2D eigenvalue weighted by atomic mass is 9.95. The van der Waals surface area contributed by atoms with Crippen molar-refractivity contribution in [2.75, 3.05) is 7.05 Å². The van der Waals surface area contributed by atoms with Crippen LogP contribution in [0.15, 0.2) is 4.52 Å². The highest BCUT2D eigenvalue weighted by Crippen LogP contribution is 2.46. The Morgan fingerprint density at radius 1 is 1.22 bits per heavy atom. The van der Waals surface area contributed by atoms with Gasteiger partial charge in [-0.15, -0.1) is 0 Å². The van der Waals surface area contributed by atoms with Gasteiger partial charge in [-0.05, 0) is 32.7 Å². The fourth-order valence-corrected chi connectivity index (χ4v) is 2.99. The Bertz CT molecular complexity index is 411. The van der Waals surface area contributed by atoms with E-state index in [1.165, 1.54) is 44.9 Å². The van der Waals surface area contributed by atoms with Gasteiger partial charge in [0.05, 0.1) is 5.92 Å². The van der Waals surface area contributed by atoms with E-state index >= 15 is 0 Å². The summed E-state index contributed by atoms with van der Waals surface area (Å²) >= 11 is 0. The zero-order chi connectivity index (χ0) is 12.6. The van der Waals surface area contributed by atoms with Crippen LogP contribution in [0.5, 0.6) is 0 Å². The van der Waals surface area contributed by atoms with E-state index in [9.17, 15) is 0 Å². The van der Waals surface area contributed by atoms with Gasteiger partial charge in [-0.2, -0.15) is 4.98 Å². The Hall–Kier alpha value is -0.900. The fraction of sp³-hybridized carbons (Fsp3) is 0.857. The molecule has 2 fully saturated rings. The number of rotatable bonds is 3. The molecule has 1 heterocycles. The van der Waals surface area contributed by atoms with E-state index in [-0.39, 0.29) is 5.41 Å². The van der Waals surface area contributed by atoms with E-state index in [4.69, 9.17) is 4.52 Å². The number of likely N-dealkylation sites (N-methyl/N-ethyl adjacent to an activating group) is 1. The van der Waals surface area contributed by atoms with Crippen LogP contribution in [-0.4, -0.2) is 23.2 Å². The van der Waals surface area contributed by atoms with Gasteiger partial charge in [-0.3, -0.25) is 0 Å². The summed E-state index contributed by atoms with van der Waals surface area (Å²) < 4.78 is 5.56. The van der Waals surface area contributed by atoms with Crippen LogP contribution in [0.4, 0.5) is 0 Å². The van der Waals surface area contributed by atoms with Crippen molar-refractivity contribution < 1.29 is 4.52 Å². The minimum absolute atomic E-state index is 0.210. The van der Waals surface area contributed by atoms with E-state index in [1.54, 1.807) is 0 Å². The first-order valence-corrected chi connectivity index (χ1v) is 7.24. The third-order valence-electron chi connectivity index (χ3n) is 4.69. The molecule has 2 unspecified atom stereocenters. The molecule has 2 atom stereocenters. The Morgan fingerprint density at radius 2 is 2.00 bits per heavy atom. The number of hydrogen-bond acceptors (Lipinski definition) is 4. The number of hydrogen-bond donors (Lipinski definition) is 1. The van der Waals surface area contributed by atoms with Crippen molar-refractivity contribution >= 4 is 0 Å². The molecule has 0 bridgehead atoms. The van der Waals surface area contributed by atoms with Crippen LogP contribution in [0.2, 0.25) is 0 Å². The van der Waals surface area contributed by atoms with Crippen molar-refractivity contribution in [3.05, 3.63) is 11.7 Å². The summed E-state index contributed by atoms with van der Waals surface area (Å²) in [6.07, 6.45) is 8.70. The molecule has 4 nitrogen and oxygen atoms in total. The van der Waals surface area contributed by atoms with Gasteiger partial charge < -0.3 is 9.84 Å². The highest BCUT2D eigenvalue weighted by molar-refractivity contribution is 5.15. The quantitative estimate of drug-likeness (QED) is 0.837. The molecule has 4 heteroatoms. The Labute approximate surface area is 109 Å². The van der Waals surface area contributed by atoms with E-state index in [0.29, 0.717) is 12.0 Å². The molecule has 1 aromatic heterocycles. The normalized spacial score (nSPS) is 31.0. The second kappa shape index (κ2) is 4.65. The van der Waals surface area contributed by atoms with Crippen LogP contribution in [-0.2, 0) is 5.41 Å². The van der Waals surface area contributed by atoms with Gasteiger partial charge in [-0.1, -0.05) is 31.3 Å². The van der Waals surface area contributed by atoms with Gasteiger partial charge in [0.2, 0.25) is 5.89 Å². The summed E-state index contributed by atoms with van der Waals surface area (Å²) in [6.45, 7) is 2.23. The lowest BCUT2D eigenvalue weighted by Crippen LogP contribution is -2.31. The molecule has 0 amide bonds. The molecule has 18 heavy (non-hydrogen) atoms. The summed E-state index contributed by atoms with van der Waals surface area (Å²) in [4.78, 5) is 4.69. The smallest absolute Gasteiger partial charge is 0.231 e. The van der Waals surface area contributed by atoms with Crippen LogP contribution in [0.3, 0.4) is 0 Å². The molecule has 1 N–H and O–H groups in total. The van der Waals surface area contributed by atoms with Crippen LogP contribution in [0, 0.1) is 0 Å². The van der Waals surface area contributed by atoms with E-state index in [0.717, 1.165) is 11.7 Å². The molecule has 0 spiro atoms. The Balaban J connectivity index is 1.80. The van der Waals surface area contributed by atoms with Crippen molar-refractivity contribution in [2.45, 2.75) is 69.2 Å². The van der Waals surface area contributed by atoms with E-state index in [2.05, 4.69) is 22.4 Å². The lowest BCUT2D eigenvalue weighted by Gasteiger charge is -2.21. The first-order valence-electron chi connectivity index (χ1n) is 7.24. The fourth-order valence-electron chi connectivity index (χ4n) is 2.99. The first kappa shape index (κ1) is 12.2. The Morgan fingerprint density at radius 3 is 2.72 bits per heavy atom. The third-order valence-corrected chi connectivity index (χ3v) is 4.69. The predicted molar refractivity (Wildman–Crippen MR) is 69.6 cm³/mol. The standard InChI is InChI=1S/C14H23N3O/c1-14(8-9-14)13-16-12(18-17-13)10-6-4-3-5-7-11(10)15-2/h10-11,15H,3-9H2,1-2H3. The molecule has 0 radical (unpaired) electrons. The van der Waals surface area contributed by atoms with Crippen molar-refractivity contribution in [3.8, 4) is 0 Å². The van der Waals surface area contributed by atoms with Crippen LogP contribution in [0.1, 0.15) is 69.5 Å². The summed E-state index contributed by atoms with van der Waals surface area (Å²) in [7, 11) is 2.04. The molecule has 3 rings (SSSR count). The van der Waals surface area contributed by atoms with E-state index < -0.39 is 0 Å². The molecule has 2 aliphatic carbocycles. The minimum Gasteiger partial charge on any atom is -0.339 e. The maximum atomic E-state index is 5.56. The second-order valence-corrected chi connectivity index (χ2v) is 6.16. The predicted octanol–water partition coefficient (Wildman–Crippen LogP) is 2.76. The summed E-state index contributed by atoms with van der Waals surface area (Å²) in [5.41, 5.74) is 0.210. The van der Waals surface area contributed by atoms with Crippen molar-refractivity contribution in [2.24, 2.45) is 0 Å². The molecule has 0 saturated heterocycles. The maximum absolute atomic E-state index is 5.56. The average molecular weight is 249 g/mol. The van der Waals surface area contributed by atoms with Crippen molar-refractivity contribution in [1.29, 1.82) is 0 Å². The molecule has 0 aromatic carbocycles. The van der Waals surface area contributed by atoms with Crippen molar-refractivity contribution in [1.82, 2.24) is 15.5 Å². The molecule has 2 saturated carbocycles. The van der Waals surface area contributed by atoms with Crippen LogP contribution >= 0.6 is 0 Å². The van der Waals surface area contributed by atoms with Gasteiger partial charge in [0.1, 0.15) is 0 Å². The molecule has 1 aromatic rings. The zero-order valence-corrected chi connectivity index (χ0v) is 11.4. The highest BCUT2D eigenvalue weighted by atomic mass is 16.5. The highest BCUT2D eigenvalue weighted by Gasteiger charge is 2.44. The maximum Gasteiger partial charge on any atom is 0.231 e. The number of nitrogens with zero attached hydrogens (tertiary/aromatic N) is 2. The van der Waals surface area contributed by atoms with Gasteiger partial charge in [0.15, 0.2) is 5.82 Å². The second-order valence-electron chi connectivity index (χ2n) is 6.16. The molecular formula is C14H23N3O. The first-order chi connectivity index (χ1) is 8.73. The minimum atomic E-state index is 0.210. The average Bonchev–Trinajstić information content (AvgIpc) is 3.01. The zero-order valence-electron chi connectivity index (χ0n) is 11.4. The Kier molecular flexibility index (Phi) is 3.14. The summed E-state index contributed by atoms with van der Waals surface area (Å²) in [5.74, 6) is 2.19. The molecular weight excluding hydrogens is 226 g/mol. The van der Waals surface area contributed by atoms with Crippen LogP contribution in [0.25, 0.3) is 0 Å². The third kappa shape index (κ3) is 2.18. The summed E-state index contributed by atoms with van der Waals surface area (Å²) in [5, 5.41) is 7.64. The number of aromatic nitrogens is 2. The molecule has 0 aliphatic heterocycles. The largest absolute Gasteiger partial charge is 0.339 e. The molecule has 2 aliphatic rings. The van der Waals surface area contributed by atoms with E-state index in [1.807, 2.05) is 7.05 Å². The van der Waals surface area contributed by atoms with Gasteiger partial charge in [0, 0.05) is 11.5 Å². The van der Waals surface area contributed by atoms with Gasteiger partial charge >= 0.3 is 0 Å². The SMILES string of the molecule is CNC1CCCCCC1c1nc(C2(C)CC2)no1.